The van der Waals surface area contributed by atoms with Crippen molar-refractivity contribution >= 4 is 11.8 Å². The van der Waals surface area contributed by atoms with Crippen LogP contribution in [0.4, 0.5) is 4.39 Å². The molecule has 0 heterocycles. The number of aliphatic carboxylic acids is 1. The second kappa shape index (κ2) is 5.28. The molecule has 0 aromatic rings. The van der Waals surface area contributed by atoms with Gasteiger partial charge in [-0.3, -0.25) is 4.79 Å². The molecule has 0 radical (unpaired) electrons. The van der Waals surface area contributed by atoms with Crippen LogP contribution in [0.25, 0.3) is 0 Å². The van der Waals surface area contributed by atoms with Crippen molar-refractivity contribution in [3.8, 4) is 0 Å². The van der Waals surface area contributed by atoms with E-state index in [1.165, 1.54) is 6.08 Å². The standard InChI is InChI=1S/C21H27FO4/c1-11-8-15-13-10-17(22)16-9-12(23)4-6-19(16,2)14(13)5-7-20(15,3)21(11,26)18(24)25/h5,9,11,13,15,17,26H,4,6-8,10H2,1-3H3,(H,24,25)/t11-,13-,15+,17+,19-,20+,21+/m1/s1. The highest BCUT2D eigenvalue weighted by atomic mass is 19.1. The van der Waals surface area contributed by atoms with Crippen LogP contribution in [0.3, 0.4) is 0 Å². The van der Waals surface area contributed by atoms with Gasteiger partial charge in [0, 0.05) is 17.3 Å². The van der Waals surface area contributed by atoms with Crippen molar-refractivity contribution in [1.29, 1.82) is 0 Å². The summed E-state index contributed by atoms with van der Waals surface area (Å²) in [5.41, 5.74) is -1.28. The molecule has 4 aliphatic rings. The molecule has 0 spiro atoms. The molecule has 0 aromatic heterocycles. The number of allylic oxidation sites excluding steroid dienone is 4. The van der Waals surface area contributed by atoms with Crippen molar-refractivity contribution in [2.24, 2.45) is 28.6 Å². The minimum absolute atomic E-state index is 0.00503. The van der Waals surface area contributed by atoms with Crippen molar-refractivity contribution in [2.45, 2.75) is 64.6 Å². The summed E-state index contributed by atoms with van der Waals surface area (Å²) in [6.45, 7) is 5.67. The lowest BCUT2D eigenvalue weighted by Gasteiger charge is -2.54. The van der Waals surface area contributed by atoms with Crippen LogP contribution in [0.5, 0.6) is 0 Å². The Morgan fingerprint density at radius 2 is 1.96 bits per heavy atom. The quantitative estimate of drug-likeness (QED) is 0.701. The van der Waals surface area contributed by atoms with Crippen LogP contribution in [0.1, 0.15) is 52.9 Å². The summed E-state index contributed by atoms with van der Waals surface area (Å²) >= 11 is 0. The summed E-state index contributed by atoms with van der Waals surface area (Å²) < 4.78 is 15.1. The minimum Gasteiger partial charge on any atom is -0.479 e. The largest absolute Gasteiger partial charge is 0.479 e. The monoisotopic (exact) mass is 362 g/mol. The fraction of sp³-hybridized carbons (Fsp3) is 0.714. The summed E-state index contributed by atoms with van der Waals surface area (Å²) in [5.74, 6) is -1.69. The lowest BCUT2D eigenvalue weighted by molar-refractivity contribution is -0.180. The van der Waals surface area contributed by atoms with E-state index in [0.717, 1.165) is 5.57 Å². The van der Waals surface area contributed by atoms with Gasteiger partial charge in [0.2, 0.25) is 0 Å². The number of alkyl halides is 1. The summed E-state index contributed by atoms with van der Waals surface area (Å²) in [5, 5.41) is 20.9. The van der Waals surface area contributed by atoms with Crippen molar-refractivity contribution in [3.63, 3.8) is 0 Å². The van der Waals surface area contributed by atoms with Crippen LogP contribution >= 0.6 is 0 Å². The number of rotatable bonds is 1. The molecule has 4 nitrogen and oxygen atoms in total. The van der Waals surface area contributed by atoms with E-state index in [2.05, 4.69) is 6.08 Å². The lowest BCUT2D eigenvalue weighted by Crippen LogP contribution is -2.57. The highest BCUT2D eigenvalue weighted by Crippen LogP contribution is 2.67. The van der Waals surface area contributed by atoms with Gasteiger partial charge in [-0.1, -0.05) is 32.4 Å². The number of aliphatic hydroxyl groups is 1. The van der Waals surface area contributed by atoms with E-state index in [1.807, 2.05) is 13.8 Å². The molecule has 0 amide bonds. The first-order chi connectivity index (χ1) is 12.1. The molecule has 0 bridgehead atoms. The normalized spacial score (nSPS) is 50.3. The fourth-order valence-corrected chi connectivity index (χ4v) is 6.66. The first kappa shape index (κ1) is 17.9. The van der Waals surface area contributed by atoms with Crippen molar-refractivity contribution < 1.29 is 24.2 Å². The third-order valence-electron chi connectivity index (χ3n) is 8.23. The molecular formula is C21H27FO4. The molecule has 2 fully saturated rings. The molecule has 0 saturated heterocycles. The second-order valence-electron chi connectivity index (χ2n) is 9.30. The van der Waals surface area contributed by atoms with Crippen LogP contribution in [0.2, 0.25) is 0 Å². The summed E-state index contributed by atoms with van der Waals surface area (Å²) in [6.07, 6.45) is 4.77. The maximum Gasteiger partial charge on any atom is 0.336 e. The van der Waals surface area contributed by atoms with Gasteiger partial charge in [-0.15, -0.1) is 0 Å². The van der Waals surface area contributed by atoms with Crippen LogP contribution in [-0.2, 0) is 9.59 Å². The van der Waals surface area contributed by atoms with Crippen LogP contribution in [0, 0.1) is 28.6 Å². The average Bonchev–Trinajstić information content (AvgIpc) is 2.78. The average molecular weight is 362 g/mol. The highest BCUT2D eigenvalue weighted by Gasteiger charge is 2.68. The maximum atomic E-state index is 15.1. The van der Waals surface area contributed by atoms with E-state index in [-0.39, 0.29) is 30.0 Å². The summed E-state index contributed by atoms with van der Waals surface area (Å²) in [4.78, 5) is 23.8. The molecule has 0 aliphatic heterocycles. The molecule has 4 aliphatic carbocycles. The topological polar surface area (TPSA) is 74.6 Å². The number of fused-ring (bicyclic) bond motifs is 5. The van der Waals surface area contributed by atoms with E-state index >= 15 is 4.39 Å². The van der Waals surface area contributed by atoms with Gasteiger partial charge in [0.25, 0.3) is 0 Å². The number of carbonyl (C=O) groups excluding carboxylic acids is 1. The number of hydrogen-bond acceptors (Lipinski definition) is 3. The number of carboxylic acid groups (broad SMARTS) is 1. The number of halogens is 1. The lowest BCUT2D eigenvalue weighted by atomic mass is 9.50. The number of carboxylic acids is 1. The van der Waals surface area contributed by atoms with Gasteiger partial charge >= 0.3 is 5.97 Å². The van der Waals surface area contributed by atoms with Gasteiger partial charge < -0.3 is 10.2 Å². The van der Waals surface area contributed by atoms with Crippen molar-refractivity contribution in [3.05, 3.63) is 23.3 Å². The molecule has 26 heavy (non-hydrogen) atoms. The molecule has 2 N–H and O–H groups in total. The van der Waals surface area contributed by atoms with Gasteiger partial charge in [-0.2, -0.15) is 0 Å². The van der Waals surface area contributed by atoms with Gasteiger partial charge in [0.05, 0.1) is 0 Å². The molecule has 0 aromatic carbocycles. The van der Waals surface area contributed by atoms with Crippen molar-refractivity contribution in [1.82, 2.24) is 0 Å². The van der Waals surface area contributed by atoms with Gasteiger partial charge in [-0.05, 0) is 55.1 Å². The predicted octanol–water partition coefficient (Wildman–Crippen LogP) is 3.45. The highest BCUT2D eigenvalue weighted by molar-refractivity contribution is 5.92. The zero-order chi connectivity index (χ0) is 19.1. The third kappa shape index (κ3) is 1.93. The van der Waals surface area contributed by atoms with Crippen LogP contribution < -0.4 is 0 Å². The van der Waals surface area contributed by atoms with Gasteiger partial charge in [-0.25, -0.2) is 9.18 Å². The summed E-state index contributed by atoms with van der Waals surface area (Å²) in [6, 6.07) is 0. The number of carbonyl (C=O) groups is 2. The predicted molar refractivity (Wildman–Crippen MR) is 94.1 cm³/mol. The van der Waals surface area contributed by atoms with E-state index < -0.39 is 28.6 Å². The second-order valence-corrected chi connectivity index (χ2v) is 9.30. The Hall–Kier alpha value is -1.49. The Morgan fingerprint density at radius 1 is 1.27 bits per heavy atom. The SMILES string of the molecule is C[C@@H]1C[C@H]2[C@@H]3C[C@H](F)C4=CC(=O)CC[C@]4(C)C3=CC[C@]2(C)[C@@]1(O)C(=O)O. The Labute approximate surface area is 153 Å². The first-order valence-electron chi connectivity index (χ1n) is 9.61. The molecule has 4 rings (SSSR count). The molecular weight excluding hydrogens is 335 g/mol. The maximum absolute atomic E-state index is 15.1. The van der Waals surface area contributed by atoms with E-state index in [1.54, 1.807) is 6.92 Å². The Kier molecular flexibility index (Phi) is 3.63. The van der Waals surface area contributed by atoms with E-state index in [9.17, 15) is 19.8 Å². The fourth-order valence-electron chi connectivity index (χ4n) is 6.66. The molecule has 142 valence electrons. The zero-order valence-corrected chi connectivity index (χ0v) is 15.6. The van der Waals surface area contributed by atoms with Crippen molar-refractivity contribution in [2.75, 3.05) is 0 Å². The number of ketones is 1. The molecule has 5 heteroatoms. The Balaban J connectivity index is 1.83. The first-order valence-corrected chi connectivity index (χ1v) is 9.61. The van der Waals surface area contributed by atoms with E-state index in [0.29, 0.717) is 31.3 Å². The Bertz CT molecular complexity index is 755. The van der Waals surface area contributed by atoms with Crippen LogP contribution in [0.15, 0.2) is 23.3 Å². The molecule has 2 saturated carbocycles. The third-order valence-corrected chi connectivity index (χ3v) is 8.23. The molecule has 0 unspecified atom stereocenters. The minimum atomic E-state index is -1.79. The Morgan fingerprint density at radius 3 is 2.62 bits per heavy atom. The zero-order valence-electron chi connectivity index (χ0n) is 15.6. The number of hydrogen-bond donors (Lipinski definition) is 2. The van der Waals surface area contributed by atoms with E-state index in [4.69, 9.17) is 0 Å². The smallest absolute Gasteiger partial charge is 0.336 e. The molecule has 7 atom stereocenters. The van der Waals surface area contributed by atoms with Crippen LogP contribution in [-0.4, -0.2) is 33.7 Å². The summed E-state index contributed by atoms with van der Waals surface area (Å²) in [7, 11) is 0. The van der Waals surface area contributed by atoms with Gasteiger partial charge in [0.1, 0.15) is 6.17 Å². The van der Waals surface area contributed by atoms with Gasteiger partial charge in [0.15, 0.2) is 11.4 Å².